The van der Waals surface area contributed by atoms with Gasteiger partial charge in [0.05, 0.1) is 10.6 Å². The third-order valence-electron chi connectivity index (χ3n) is 2.77. The number of benzene rings is 1. The summed E-state index contributed by atoms with van der Waals surface area (Å²) in [4.78, 5) is 4.29. The molecule has 3 N–H and O–H groups in total. The van der Waals surface area contributed by atoms with Gasteiger partial charge in [0.25, 0.3) is 10.0 Å². The molecule has 0 atom stereocenters. The number of rotatable bonds is 3. The molecule has 0 spiro atoms. The van der Waals surface area contributed by atoms with Gasteiger partial charge in [-0.25, -0.2) is 13.4 Å². The highest BCUT2D eigenvalue weighted by atomic mass is 32.2. The normalized spacial score (nSPS) is 11.5. The number of hydrogen-bond donors (Lipinski definition) is 2. The summed E-state index contributed by atoms with van der Waals surface area (Å²) in [5.41, 5.74) is 8.46. The van der Waals surface area contributed by atoms with Crippen LogP contribution in [0, 0.1) is 20.8 Å². The Kier molecular flexibility index (Phi) is 3.51. The molecule has 5 nitrogen and oxygen atoms in total. The summed E-state index contributed by atoms with van der Waals surface area (Å²) < 4.78 is 27.1. The van der Waals surface area contributed by atoms with Crippen molar-refractivity contribution in [3.8, 4) is 0 Å². The topological polar surface area (TPSA) is 85.1 Å². The average Bonchev–Trinajstić information content (AvgIpc) is 2.68. The standard InChI is InChI=1S/C12H15N3O2S2/c1-7-4-10(13)5-11(9(7)3)19(16,17)15-12-14-8(2)6-18-12/h4-6H,13H2,1-3H3,(H,14,15). The first kappa shape index (κ1) is 13.8. The van der Waals surface area contributed by atoms with Crippen molar-refractivity contribution in [3.63, 3.8) is 0 Å². The number of aromatic nitrogens is 1. The van der Waals surface area contributed by atoms with Crippen LogP contribution in [0.5, 0.6) is 0 Å². The Labute approximate surface area is 116 Å². The minimum absolute atomic E-state index is 0.192. The van der Waals surface area contributed by atoms with Crippen molar-refractivity contribution in [1.29, 1.82) is 0 Å². The van der Waals surface area contributed by atoms with Gasteiger partial charge in [-0.05, 0) is 44.0 Å². The Balaban J connectivity index is 2.45. The van der Waals surface area contributed by atoms with E-state index in [-0.39, 0.29) is 4.90 Å². The van der Waals surface area contributed by atoms with Gasteiger partial charge in [0.15, 0.2) is 5.13 Å². The van der Waals surface area contributed by atoms with E-state index in [0.29, 0.717) is 16.4 Å². The summed E-state index contributed by atoms with van der Waals surface area (Å²) in [7, 11) is -3.66. The first-order valence-corrected chi connectivity index (χ1v) is 7.97. The van der Waals surface area contributed by atoms with E-state index in [9.17, 15) is 8.42 Å². The summed E-state index contributed by atoms with van der Waals surface area (Å²) in [6.45, 7) is 5.40. The van der Waals surface area contributed by atoms with E-state index in [1.807, 2.05) is 13.8 Å². The van der Waals surface area contributed by atoms with E-state index in [0.717, 1.165) is 11.3 Å². The van der Waals surface area contributed by atoms with Crippen LogP contribution in [0.25, 0.3) is 0 Å². The van der Waals surface area contributed by atoms with Crippen LogP contribution in [0.2, 0.25) is 0 Å². The Morgan fingerprint density at radius 2 is 1.95 bits per heavy atom. The molecular formula is C12H15N3O2S2. The lowest BCUT2D eigenvalue weighted by molar-refractivity contribution is 0.600. The lowest BCUT2D eigenvalue weighted by atomic mass is 10.1. The minimum Gasteiger partial charge on any atom is -0.399 e. The second-order valence-corrected chi connectivity index (χ2v) is 6.87. The third kappa shape index (κ3) is 2.87. The fourth-order valence-electron chi connectivity index (χ4n) is 1.70. The maximum Gasteiger partial charge on any atom is 0.264 e. The number of nitrogens with one attached hydrogen (secondary N) is 1. The van der Waals surface area contributed by atoms with Crippen molar-refractivity contribution >= 4 is 32.2 Å². The molecule has 1 aromatic carbocycles. The van der Waals surface area contributed by atoms with E-state index in [2.05, 4.69) is 9.71 Å². The van der Waals surface area contributed by atoms with Crippen LogP contribution in [0.1, 0.15) is 16.8 Å². The molecule has 0 unspecified atom stereocenters. The number of nitrogens with zero attached hydrogens (tertiary/aromatic N) is 1. The molecule has 0 radical (unpaired) electrons. The molecule has 7 heteroatoms. The zero-order valence-corrected chi connectivity index (χ0v) is 12.5. The van der Waals surface area contributed by atoms with Crippen molar-refractivity contribution in [2.24, 2.45) is 0 Å². The largest absolute Gasteiger partial charge is 0.399 e. The van der Waals surface area contributed by atoms with Crippen LogP contribution in [-0.4, -0.2) is 13.4 Å². The fourth-order valence-corrected chi connectivity index (χ4v) is 4.00. The van der Waals surface area contributed by atoms with E-state index in [4.69, 9.17) is 5.73 Å². The van der Waals surface area contributed by atoms with E-state index < -0.39 is 10.0 Å². The molecule has 0 aliphatic heterocycles. The monoisotopic (exact) mass is 297 g/mol. The van der Waals surface area contributed by atoms with Crippen molar-refractivity contribution in [3.05, 3.63) is 34.3 Å². The lowest BCUT2D eigenvalue weighted by Crippen LogP contribution is -2.15. The first-order chi connectivity index (χ1) is 8.79. The quantitative estimate of drug-likeness (QED) is 0.852. The van der Waals surface area contributed by atoms with Crippen molar-refractivity contribution in [1.82, 2.24) is 4.98 Å². The molecule has 0 saturated carbocycles. The Morgan fingerprint density at radius 3 is 2.53 bits per heavy atom. The Morgan fingerprint density at radius 1 is 1.26 bits per heavy atom. The van der Waals surface area contributed by atoms with Crippen molar-refractivity contribution < 1.29 is 8.42 Å². The van der Waals surface area contributed by atoms with Gasteiger partial charge in [-0.2, -0.15) is 0 Å². The van der Waals surface area contributed by atoms with Crippen LogP contribution in [-0.2, 0) is 10.0 Å². The van der Waals surface area contributed by atoms with Crippen LogP contribution in [0.3, 0.4) is 0 Å². The van der Waals surface area contributed by atoms with Gasteiger partial charge in [-0.3, -0.25) is 4.72 Å². The number of aryl methyl sites for hydroxylation is 2. The molecule has 0 bridgehead atoms. The number of hydrogen-bond acceptors (Lipinski definition) is 5. The fraction of sp³-hybridized carbons (Fsp3) is 0.250. The second-order valence-electron chi connectivity index (χ2n) is 4.36. The van der Waals surface area contributed by atoms with Gasteiger partial charge >= 0.3 is 0 Å². The van der Waals surface area contributed by atoms with Crippen LogP contribution in [0.15, 0.2) is 22.4 Å². The Hall–Kier alpha value is -1.60. The predicted octanol–water partition coefficient (Wildman–Crippen LogP) is 2.45. The number of thiazole rings is 1. The highest BCUT2D eigenvalue weighted by molar-refractivity contribution is 7.93. The number of anilines is 2. The predicted molar refractivity (Wildman–Crippen MR) is 78.0 cm³/mol. The SMILES string of the molecule is Cc1csc(NS(=O)(=O)c2cc(N)cc(C)c2C)n1. The van der Waals surface area contributed by atoms with Crippen LogP contribution < -0.4 is 10.5 Å². The zero-order chi connectivity index (χ0) is 14.2. The number of nitrogen functional groups attached to an aromatic ring is 1. The van der Waals surface area contributed by atoms with Gasteiger partial charge in [0.2, 0.25) is 0 Å². The summed E-state index contributed by atoms with van der Waals surface area (Å²) in [5, 5.41) is 2.15. The van der Waals surface area contributed by atoms with Gasteiger partial charge in [0.1, 0.15) is 0 Å². The smallest absolute Gasteiger partial charge is 0.264 e. The minimum atomic E-state index is -3.66. The summed E-state index contributed by atoms with van der Waals surface area (Å²) in [6.07, 6.45) is 0. The summed E-state index contributed by atoms with van der Waals surface area (Å²) in [6, 6.07) is 3.22. The molecule has 1 aromatic heterocycles. The molecule has 2 aromatic rings. The van der Waals surface area contributed by atoms with E-state index >= 15 is 0 Å². The van der Waals surface area contributed by atoms with E-state index in [1.54, 1.807) is 18.4 Å². The second kappa shape index (κ2) is 4.82. The first-order valence-electron chi connectivity index (χ1n) is 5.61. The van der Waals surface area contributed by atoms with Crippen molar-refractivity contribution in [2.45, 2.75) is 25.7 Å². The molecule has 19 heavy (non-hydrogen) atoms. The van der Waals surface area contributed by atoms with Gasteiger partial charge in [-0.1, -0.05) is 0 Å². The average molecular weight is 297 g/mol. The summed E-state index contributed by atoms with van der Waals surface area (Å²) >= 11 is 1.25. The van der Waals surface area contributed by atoms with Crippen LogP contribution >= 0.6 is 11.3 Å². The number of sulfonamides is 1. The maximum absolute atomic E-state index is 12.3. The molecule has 1 heterocycles. The molecule has 0 amide bonds. The summed E-state index contributed by atoms with van der Waals surface area (Å²) in [5.74, 6) is 0. The Bertz CT molecular complexity index is 721. The molecular weight excluding hydrogens is 282 g/mol. The van der Waals surface area contributed by atoms with Gasteiger partial charge < -0.3 is 5.73 Å². The van der Waals surface area contributed by atoms with Gasteiger partial charge in [0, 0.05) is 11.1 Å². The number of nitrogens with two attached hydrogens (primary N) is 1. The highest BCUT2D eigenvalue weighted by Crippen LogP contribution is 2.25. The molecule has 0 saturated heterocycles. The zero-order valence-electron chi connectivity index (χ0n) is 10.9. The molecule has 0 aliphatic rings. The maximum atomic E-state index is 12.3. The lowest BCUT2D eigenvalue weighted by Gasteiger charge is -2.11. The highest BCUT2D eigenvalue weighted by Gasteiger charge is 2.20. The van der Waals surface area contributed by atoms with Crippen molar-refractivity contribution in [2.75, 3.05) is 10.5 Å². The van der Waals surface area contributed by atoms with Crippen LogP contribution in [0.4, 0.5) is 10.8 Å². The molecule has 102 valence electrons. The molecule has 0 fully saturated rings. The molecule has 0 aliphatic carbocycles. The third-order valence-corrected chi connectivity index (χ3v) is 5.24. The van der Waals surface area contributed by atoms with Gasteiger partial charge in [-0.15, -0.1) is 11.3 Å². The molecule has 2 rings (SSSR count). The van der Waals surface area contributed by atoms with E-state index in [1.165, 1.54) is 17.4 Å².